The van der Waals surface area contributed by atoms with Gasteiger partial charge in [-0.15, -0.1) is 12.4 Å². The predicted molar refractivity (Wildman–Crippen MR) is 78.5 cm³/mol. The minimum atomic E-state index is -0.470. The van der Waals surface area contributed by atoms with Crippen molar-refractivity contribution in [3.8, 4) is 0 Å². The molecule has 1 rings (SSSR count). The van der Waals surface area contributed by atoms with E-state index in [1.54, 1.807) is 26.2 Å². The molecule has 0 saturated heterocycles. The number of ether oxygens (including phenoxy) is 1. The quantitative estimate of drug-likeness (QED) is 0.452. The van der Waals surface area contributed by atoms with Crippen LogP contribution < -0.4 is 10.6 Å². The Morgan fingerprint density at radius 1 is 1.45 bits per heavy atom. The van der Waals surface area contributed by atoms with E-state index in [-0.39, 0.29) is 30.5 Å². The molecule has 0 aromatic heterocycles. The van der Waals surface area contributed by atoms with Gasteiger partial charge < -0.3 is 15.4 Å². The topological polar surface area (TPSA) is 93.5 Å². The molecule has 0 radical (unpaired) electrons. The second kappa shape index (κ2) is 9.24. The van der Waals surface area contributed by atoms with Gasteiger partial charge in [0.25, 0.3) is 5.69 Å². The Balaban J connectivity index is 0.00000361. The first-order valence-electron chi connectivity index (χ1n) is 5.79. The van der Waals surface area contributed by atoms with E-state index in [1.165, 1.54) is 6.07 Å². The maximum atomic E-state index is 11.6. The Bertz CT molecular complexity index is 468. The molecule has 0 atom stereocenters. The Hall–Kier alpha value is -1.70. The van der Waals surface area contributed by atoms with E-state index in [0.717, 1.165) is 0 Å². The van der Waals surface area contributed by atoms with Crippen molar-refractivity contribution < 1.29 is 14.5 Å². The molecule has 0 heterocycles. The van der Waals surface area contributed by atoms with E-state index in [1.807, 2.05) is 0 Å². The lowest BCUT2D eigenvalue weighted by Crippen LogP contribution is -2.30. The molecule has 7 nitrogen and oxygen atoms in total. The van der Waals surface area contributed by atoms with E-state index in [0.29, 0.717) is 24.4 Å². The lowest BCUT2D eigenvalue weighted by Gasteiger charge is -2.09. The van der Waals surface area contributed by atoms with E-state index < -0.39 is 4.92 Å². The van der Waals surface area contributed by atoms with Crippen LogP contribution in [0.4, 0.5) is 11.4 Å². The molecule has 0 aliphatic carbocycles. The number of hydrogen-bond donors (Lipinski definition) is 2. The molecule has 20 heavy (non-hydrogen) atoms. The number of nitrogens with zero attached hydrogens (tertiary/aromatic N) is 1. The highest BCUT2D eigenvalue weighted by Crippen LogP contribution is 2.24. The number of halogens is 1. The van der Waals surface area contributed by atoms with Crippen molar-refractivity contribution in [2.45, 2.75) is 6.92 Å². The van der Waals surface area contributed by atoms with E-state index >= 15 is 0 Å². The van der Waals surface area contributed by atoms with Crippen LogP contribution in [0.1, 0.15) is 5.56 Å². The first kappa shape index (κ1) is 18.3. The van der Waals surface area contributed by atoms with Crippen molar-refractivity contribution in [2.75, 3.05) is 32.1 Å². The molecule has 8 heteroatoms. The largest absolute Gasteiger partial charge is 0.383 e. The Labute approximate surface area is 123 Å². The number of methoxy groups -OCH3 is 1. The second-order valence-electron chi connectivity index (χ2n) is 3.92. The highest BCUT2D eigenvalue weighted by atomic mass is 35.5. The molecular formula is C12H18ClN3O4. The summed E-state index contributed by atoms with van der Waals surface area (Å²) in [6.45, 7) is 2.82. The van der Waals surface area contributed by atoms with Gasteiger partial charge in [0.2, 0.25) is 5.91 Å². The molecule has 112 valence electrons. The summed E-state index contributed by atoms with van der Waals surface area (Å²) in [4.78, 5) is 21.9. The van der Waals surface area contributed by atoms with Crippen LogP contribution in [0.3, 0.4) is 0 Å². The van der Waals surface area contributed by atoms with E-state index in [2.05, 4.69) is 10.6 Å². The molecule has 0 unspecified atom stereocenters. The average molecular weight is 304 g/mol. The third kappa shape index (κ3) is 5.52. The van der Waals surface area contributed by atoms with E-state index in [9.17, 15) is 14.9 Å². The van der Waals surface area contributed by atoms with Crippen LogP contribution in [0.5, 0.6) is 0 Å². The zero-order valence-corrected chi connectivity index (χ0v) is 12.2. The van der Waals surface area contributed by atoms with Crippen LogP contribution in [0.2, 0.25) is 0 Å². The Kier molecular flexibility index (Phi) is 8.46. The minimum Gasteiger partial charge on any atom is -0.383 e. The molecule has 2 N–H and O–H groups in total. The van der Waals surface area contributed by atoms with Crippen molar-refractivity contribution in [3.05, 3.63) is 33.9 Å². The number of hydrogen-bond acceptors (Lipinski definition) is 5. The van der Waals surface area contributed by atoms with Gasteiger partial charge in [0.1, 0.15) is 0 Å². The zero-order chi connectivity index (χ0) is 14.3. The number of rotatable bonds is 7. The standard InChI is InChI=1S/C12H17N3O4.ClH/c1-9-10(4-3-5-11(9)15(17)18)14-12(16)8-13-6-7-19-2;/h3-5,13H,6-8H2,1-2H3,(H,14,16);1H. The SMILES string of the molecule is COCCNCC(=O)Nc1cccc([N+](=O)[O-])c1C.Cl. The molecule has 1 aromatic carbocycles. The Morgan fingerprint density at radius 2 is 2.15 bits per heavy atom. The van der Waals surface area contributed by atoms with Crippen LogP contribution in [0.15, 0.2) is 18.2 Å². The fraction of sp³-hybridized carbons (Fsp3) is 0.417. The molecule has 0 bridgehead atoms. The highest BCUT2D eigenvalue weighted by Gasteiger charge is 2.14. The smallest absolute Gasteiger partial charge is 0.274 e. The summed E-state index contributed by atoms with van der Waals surface area (Å²) in [5.41, 5.74) is 0.885. The first-order valence-corrected chi connectivity index (χ1v) is 5.79. The zero-order valence-electron chi connectivity index (χ0n) is 11.3. The summed E-state index contributed by atoms with van der Waals surface area (Å²) in [6, 6.07) is 4.58. The van der Waals surface area contributed by atoms with Crippen molar-refractivity contribution in [1.29, 1.82) is 0 Å². The number of nitro groups is 1. The third-order valence-corrected chi connectivity index (χ3v) is 2.54. The van der Waals surface area contributed by atoms with Crippen molar-refractivity contribution in [2.24, 2.45) is 0 Å². The first-order chi connectivity index (χ1) is 9.06. The van der Waals surface area contributed by atoms with Crippen LogP contribution in [-0.4, -0.2) is 37.6 Å². The molecule has 0 aliphatic heterocycles. The summed E-state index contributed by atoms with van der Waals surface area (Å²) < 4.78 is 4.83. The van der Waals surface area contributed by atoms with Gasteiger partial charge >= 0.3 is 0 Å². The molecular weight excluding hydrogens is 286 g/mol. The van der Waals surface area contributed by atoms with Gasteiger partial charge in [-0.25, -0.2) is 0 Å². The second-order valence-corrected chi connectivity index (χ2v) is 3.92. The maximum Gasteiger partial charge on any atom is 0.274 e. The summed E-state index contributed by atoms with van der Waals surface area (Å²) >= 11 is 0. The van der Waals surface area contributed by atoms with Gasteiger partial charge in [-0.1, -0.05) is 6.07 Å². The minimum absolute atomic E-state index is 0. The number of amides is 1. The van der Waals surface area contributed by atoms with Crippen molar-refractivity contribution in [1.82, 2.24) is 5.32 Å². The lowest BCUT2D eigenvalue weighted by atomic mass is 10.1. The van der Waals surface area contributed by atoms with Gasteiger partial charge in [0.05, 0.1) is 29.3 Å². The Morgan fingerprint density at radius 3 is 2.75 bits per heavy atom. The molecule has 1 aromatic rings. The van der Waals surface area contributed by atoms with Crippen LogP contribution in [0, 0.1) is 17.0 Å². The van der Waals surface area contributed by atoms with Gasteiger partial charge in [0.15, 0.2) is 0 Å². The van der Waals surface area contributed by atoms with Crippen molar-refractivity contribution >= 4 is 29.7 Å². The number of carbonyl (C=O) groups is 1. The highest BCUT2D eigenvalue weighted by molar-refractivity contribution is 5.93. The van der Waals surface area contributed by atoms with E-state index in [4.69, 9.17) is 4.74 Å². The number of benzene rings is 1. The van der Waals surface area contributed by atoms with Crippen LogP contribution in [-0.2, 0) is 9.53 Å². The maximum absolute atomic E-state index is 11.6. The third-order valence-electron chi connectivity index (χ3n) is 2.54. The summed E-state index contributed by atoms with van der Waals surface area (Å²) in [5, 5.41) is 16.3. The van der Waals surface area contributed by atoms with Gasteiger partial charge in [-0.2, -0.15) is 0 Å². The molecule has 1 amide bonds. The van der Waals surface area contributed by atoms with Crippen molar-refractivity contribution in [3.63, 3.8) is 0 Å². The van der Waals surface area contributed by atoms with Gasteiger partial charge in [0, 0.05) is 19.7 Å². The number of carbonyl (C=O) groups excluding carboxylic acids is 1. The lowest BCUT2D eigenvalue weighted by molar-refractivity contribution is -0.385. The number of nitro benzene ring substituents is 1. The fourth-order valence-electron chi connectivity index (χ4n) is 1.53. The molecule has 0 saturated carbocycles. The molecule has 0 spiro atoms. The summed E-state index contributed by atoms with van der Waals surface area (Å²) in [6.07, 6.45) is 0. The monoisotopic (exact) mass is 303 g/mol. The van der Waals surface area contributed by atoms with Crippen LogP contribution in [0.25, 0.3) is 0 Å². The van der Waals surface area contributed by atoms with Gasteiger partial charge in [-0.3, -0.25) is 14.9 Å². The number of nitrogens with one attached hydrogen (secondary N) is 2. The average Bonchev–Trinajstić information content (AvgIpc) is 2.37. The fourth-order valence-corrected chi connectivity index (χ4v) is 1.53. The summed E-state index contributed by atoms with van der Waals surface area (Å²) in [7, 11) is 1.58. The number of anilines is 1. The molecule has 0 aliphatic rings. The predicted octanol–water partition coefficient (Wildman–Crippen LogP) is 1.50. The summed E-state index contributed by atoms with van der Waals surface area (Å²) in [5.74, 6) is -0.250. The normalized spacial score (nSPS) is 9.70. The molecule has 0 fully saturated rings. The van der Waals surface area contributed by atoms with Gasteiger partial charge in [-0.05, 0) is 13.0 Å². The van der Waals surface area contributed by atoms with Crippen LogP contribution >= 0.6 is 12.4 Å².